The topological polar surface area (TPSA) is 26.0 Å². The summed E-state index contributed by atoms with van der Waals surface area (Å²) in [6.45, 7) is 0. The minimum absolute atomic E-state index is 0.422. The summed E-state index contributed by atoms with van der Waals surface area (Å²) in [5.41, 5.74) is 5.53. The average molecular weight is 198 g/mol. The highest BCUT2D eigenvalue weighted by molar-refractivity contribution is 6.44. The standard InChI is InChI=1S/C6H6Cl3N/c7-4-1-2-6(9,10)3-5(4)8/h1,3H,2,10H2. The quantitative estimate of drug-likeness (QED) is 0.470. The maximum atomic E-state index is 5.75. The van der Waals surface area contributed by atoms with Crippen LogP contribution in [0.2, 0.25) is 0 Å². The van der Waals surface area contributed by atoms with Gasteiger partial charge in [0.15, 0.2) is 0 Å². The molecule has 0 heterocycles. The normalized spacial score (nSPS) is 33.2. The Morgan fingerprint density at radius 1 is 1.40 bits per heavy atom. The van der Waals surface area contributed by atoms with Gasteiger partial charge in [-0.2, -0.15) is 0 Å². The summed E-state index contributed by atoms with van der Waals surface area (Å²) in [6, 6.07) is 0. The highest BCUT2D eigenvalue weighted by Crippen LogP contribution is 2.31. The van der Waals surface area contributed by atoms with E-state index in [4.69, 9.17) is 40.5 Å². The van der Waals surface area contributed by atoms with Crippen LogP contribution < -0.4 is 5.73 Å². The van der Waals surface area contributed by atoms with Gasteiger partial charge in [0.2, 0.25) is 0 Å². The SMILES string of the molecule is NC1(Cl)C=C(Cl)C(Cl)=CC1. The van der Waals surface area contributed by atoms with E-state index in [2.05, 4.69) is 0 Å². The number of allylic oxidation sites excluding steroid dienone is 2. The lowest BCUT2D eigenvalue weighted by molar-refractivity contribution is 0.739. The first-order valence-electron chi connectivity index (χ1n) is 2.73. The van der Waals surface area contributed by atoms with Gasteiger partial charge in [-0.15, -0.1) is 0 Å². The fourth-order valence-corrected chi connectivity index (χ4v) is 1.33. The summed E-state index contributed by atoms with van der Waals surface area (Å²) in [7, 11) is 0. The summed E-state index contributed by atoms with van der Waals surface area (Å²) >= 11 is 17.0. The van der Waals surface area contributed by atoms with Crippen molar-refractivity contribution in [2.45, 2.75) is 11.4 Å². The van der Waals surface area contributed by atoms with Crippen molar-refractivity contribution >= 4 is 34.8 Å². The van der Waals surface area contributed by atoms with Gasteiger partial charge in [-0.3, -0.25) is 0 Å². The van der Waals surface area contributed by atoms with Crippen molar-refractivity contribution < 1.29 is 0 Å². The molecular weight excluding hydrogens is 192 g/mol. The lowest BCUT2D eigenvalue weighted by Crippen LogP contribution is -2.31. The number of nitrogens with two attached hydrogens (primary N) is 1. The van der Waals surface area contributed by atoms with E-state index in [0.29, 0.717) is 16.5 Å². The molecule has 0 aromatic rings. The zero-order valence-corrected chi connectivity index (χ0v) is 7.34. The maximum Gasteiger partial charge on any atom is 0.115 e. The van der Waals surface area contributed by atoms with Gasteiger partial charge in [0.1, 0.15) is 5.00 Å². The highest BCUT2D eigenvalue weighted by atomic mass is 35.5. The first kappa shape index (κ1) is 8.41. The van der Waals surface area contributed by atoms with Crippen molar-refractivity contribution in [1.29, 1.82) is 0 Å². The van der Waals surface area contributed by atoms with Gasteiger partial charge in [-0.1, -0.05) is 40.9 Å². The van der Waals surface area contributed by atoms with Crippen LogP contribution in [-0.2, 0) is 0 Å². The van der Waals surface area contributed by atoms with Gasteiger partial charge in [0, 0.05) is 6.42 Å². The van der Waals surface area contributed by atoms with Crippen molar-refractivity contribution in [3.05, 3.63) is 22.2 Å². The zero-order chi connectivity index (χ0) is 7.78. The van der Waals surface area contributed by atoms with Crippen molar-refractivity contribution in [2.75, 3.05) is 0 Å². The predicted molar refractivity (Wildman–Crippen MR) is 45.3 cm³/mol. The van der Waals surface area contributed by atoms with Gasteiger partial charge < -0.3 is 5.73 Å². The lowest BCUT2D eigenvalue weighted by atomic mass is 10.1. The molecule has 0 aromatic carbocycles. The molecule has 0 amide bonds. The molecule has 1 atom stereocenters. The van der Waals surface area contributed by atoms with Crippen LogP contribution in [-0.4, -0.2) is 5.00 Å². The van der Waals surface area contributed by atoms with E-state index in [1.807, 2.05) is 0 Å². The molecule has 0 bridgehead atoms. The van der Waals surface area contributed by atoms with Crippen LogP contribution in [0.1, 0.15) is 6.42 Å². The Morgan fingerprint density at radius 3 is 2.40 bits per heavy atom. The molecule has 0 aliphatic heterocycles. The Labute approximate surface area is 74.4 Å². The largest absolute Gasteiger partial charge is 0.309 e. The van der Waals surface area contributed by atoms with Crippen LogP contribution in [0.15, 0.2) is 22.2 Å². The third-order valence-electron chi connectivity index (χ3n) is 1.19. The third kappa shape index (κ3) is 1.89. The summed E-state index contributed by atoms with van der Waals surface area (Å²) in [5, 5.41) is 0.939. The van der Waals surface area contributed by atoms with Crippen molar-refractivity contribution in [2.24, 2.45) is 5.73 Å². The zero-order valence-electron chi connectivity index (χ0n) is 5.07. The Bertz CT molecular complexity index is 205. The summed E-state index contributed by atoms with van der Waals surface area (Å²) < 4.78 is 0. The van der Waals surface area contributed by atoms with Crippen molar-refractivity contribution in [3.63, 3.8) is 0 Å². The number of rotatable bonds is 0. The second-order valence-corrected chi connectivity index (χ2v) is 3.69. The summed E-state index contributed by atoms with van der Waals surface area (Å²) in [4.78, 5) is -0.852. The molecule has 4 heteroatoms. The molecule has 1 aliphatic rings. The monoisotopic (exact) mass is 197 g/mol. The van der Waals surface area contributed by atoms with E-state index in [1.54, 1.807) is 12.2 Å². The number of alkyl halides is 1. The molecular formula is C6H6Cl3N. The molecule has 1 unspecified atom stereocenters. The van der Waals surface area contributed by atoms with E-state index < -0.39 is 5.00 Å². The Hall–Kier alpha value is 0.310. The molecule has 0 fully saturated rings. The molecule has 0 saturated carbocycles. The average Bonchev–Trinajstić information content (AvgIpc) is 1.79. The molecule has 0 saturated heterocycles. The van der Waals surface area contributed by atoms with Gasteiger partial charge in [-0.25, -0.2) is 0 Å². The van der Waals surface area contributed by atoms with Gasteiger partial charge >= 0.3 is 0 Å². The molecule has 0 spiro atoms. The maximum absolute atomic E-state index is 5.75. The van der Waals surface area contributed by atoms with Crippen molar-refractivity contribution in [1.82, 2.24) is 0 Å². The van der Waals surface area contributed by atoms with Crippen LogP contribution in [0.5, 0.6) is 0 Å². The molecule has 1 aliphatic carbocycles. The number of hydrogen-bond acceptors (Lipinski definition) is 1. The fourth-order valence-electron chi connectivity index (χ4n) is 0.682. The van der Waals surface area contributed by atoms with E-state index in [-0.39, 0.29) is 0 Å². The summed E-state index contributed by atoms with van der Waals surface area (Å²) in [6.07, 6.45) is 3.76. The van der Waals surface area contributed by atoms with Crippen LogP contribution in [0.25, 0.3) is 0 Å². The van der Waals surface area contributed by atoms with E-state index in [1.165, 1.54) is 0 Å². The van der Waals surface area contributed by atoms with Crippen LogP contribution >= 0.6 is 34.8 Å². The minimum atomic E-state index is -0.852. The molecule has 2 N–H and O–H groups in total. The second-order valence-electron chi connectivity index (χ2n) is 2.18. The van der Waals surface area contributed by atoms with E-state index >= 15 is 0 Å². The van der Waals surface area contributed by atoms with Crippen LogP contribution in [0.4, 0.5) is 0 Å². The fraction of sp³-hybridized carbons (Fsp3) is 0.333. The molecule has 1 nitrogen and oxygen atoms in total. The molecule has 56 valence electrons. The molecule has 1 rings (SSSR count). The Kier molecular flexibility index (Phi) is 2.31. The smallest absolute Gasteiger partial charge is 0.115 e. The Balaban J connectivity index is 2.87. The van der Waals surface area contributed by atoms with Crippen molar-refractivity contribution in [3.8, 4) is 0 Å². The first-order valence-corrected chi connectivity index (χ1v) is 3.87. The third-order valence-corrected chi connectivity index (χ3v) is 2.22. The van der Waals surface area contributed by atoms with Crippen LogP contribution in [0.3, 0.4) is 0 Å². The van der Waals surface area contributed by atoms with E-state index in [0.717, 1.165) is 0 Å². The highest BCUT2D eigenvalue weighted by Gasteiger charge is 2.22. The van der Waals surface area contributed by atoms with Crippen LogP contribution in [0, 0.1) is 0 Å². The second kappa shape index (κ2) is 2.74. The number of hydrogen-bond donors (Lipinski definition) is 1. The minimum Gasteiger partial charge on any atom is -0.309 e. The van der Waals surface area contributed by atoms with Gasteiger partial charge in [0.25, 0.3) is 0 Å². The molecule has 0 aromatic heterocycles. The van der Waals surface area contributed by atoms with E-state index in [9.17, 15) is 0 Å². The molecule has 10 heavy (non-hydrogen) atoms. The lowest BCUT2D eigenvalue weighted by Gasteiger charge is -2.19. The molecule has 0 radical (unpaired) electrons. The Morgan fingerprint density at radius 2 is 2.00 bits per heavy atom. The summed E-state index contributed by atoms with van der Waals surface area (Å²) in [5.74, 6) is 0. The predicted octanol–water partition coefficient (Wildman–Crippen LogP) is 2.53. The van der Waals surface area contributed by atoms with Gasteiger partial charge in [-0.05, 0) is 6.08 Å². The first-order chi connectivity index (χ1) is 4.51. The number of halogens is 3. The van der Waals surface area contributed by atoms with Gasteiger partial charge in [0.05, 0.1) is 10.1 Å².